The zero-order valence-electron chi connectivity index (χ0n) is 16.3. The molecule has 2 aromatic carbocycles. The van der Waals surface area contributed by atoms with E-state index in [1.54, 1.807) is 17.0 Å². The molecule has 1 saturated heterocycles. The quantitative estimate of drug-likeness (QED) is 0.615. The van der Waals surface area contributed by atoms with Crippen LogP contribution in [-0.4, -0.2) is 44.8 Å². The normalized spacial score (nSPS) is 17.0. The molecule has 0 N–H and O–H groups in total. The number of ether oxygens (including phenoxy) is 1. The minimum Gasteiger partial charge on any atom is -0.376 e. The van der Waals surface area contributed by atoms with Crippen molar-refractivity contribution in [2.75, 3.05) is 24.3 Å². The Hall–Kier alpha value is -2.29. The monoisotopic (exact) mass is 430 g/mol. The van der Waals surface area contributed by atoms with Crippen molar-refractivity contribution in [3.63, 3.8) is 0 Å². The minimum atomic E-state index is -3.31. The van der Waals surface area contributed by atoms with Crippen LogP contribution in [0.1, 0.15) is 28.8 Å². The van der Waals surface area contributed by atoms with E-state index in [1.807, 2.05) is 19.1 Å². The van der Waals surface area contributed by atoms with E-state index in [-0.39, 0.29) is 16.9 Å². The zero-order valence-corrected chi connectivity index (χ0v) is 17.9. The summed E-state index contributed by atoms with van der Waals surface area (Å²) in [7, 11) is -3.31. The molecule has 29 heavy (non-hydrogen) atoms. The predicted octanol–water partition coefficient (Wildman–Crippen LogP) is 3.83. The fourth-order valence-corrected chi connectivity index (χ4v) is 5.08. The van der Waals surface area contributed by atoms with Gasteiger partial charge in [-0.2, -0.15) is 0 Å². The molecule has 6 nitrogen and oxygen atoms in total. The van der Waals surface area contributed by atoms with Crippen LogP contribution in [0.4, 0.5) is 5.13 Å². The van der Waals surface area contributed by atoms with E-state index in [2.05, 4.69) is 11.1 Å². The number of anilines is 1. The number of carbonyl (C=O) groups excluding carboxylic acids is 1. The van der Waals surface area contributed by atoms with E-state index in [4.69, 9.17) is 4.74 Å². The van der Waals surface area contributed by atoms with Gasteiger partial charge in [0.15, 0.2) is 15.0 Å². The molecule has 2 heterocycles. The lowest BCUT2D eigenvalue weighted by atomic mass is 10.2. The molecule has 0 radical (unpaired) electrons. The molecule has 152 valence electrons. The Morgan fingerprint density at radius 3 is 2.66 bits per heavy atom. The molecule has 1 fully saturated rings. The summed E-state index contributed by atoms with van der Waals surface area (Å²) in [5.74, 6) is -0.212. The first kappa shape index (κ1) is 20.0. The van der Waals surface area contributed by atoms with Gasteiger partial charge in [-0.25, -0.2) is 13.4 Å². The van der Waals surface area contributed by atoms with Gasteiger partial charge in [0, 0.05) is 18.4 Å². The lowest BCUT2D eigenvalue weighted by Gasteiger charge is -2.23. The number of hydrogen-bond donors (Lipinski definition) is 0. The second-order valence-electron chi connectivity index (χ2n) is 7.31. The van der Waals surface area contributed by atoms with Gasteiger partial charge in [-0.3, -0.25) is 9.69 Å². The summed E-state index contributed by atoms with van der Waals surface area (Å²) in [6.07, 6.45) is 3.01. The Balaban J connectivity index is 1.69. The second kappa shape index (κ2) is 7.85. The van der Waals surface area contributed by atoms with Crippen LogP contribution >= 0.6 is 11.3 Å². The van der Waals surface area contributed by atoms with Gasteiger partial charge in [0.1, 0.15) is 0 Å². The molecule has 1 aromatic heterocycles. The number of rotatable bonds is 5. The third kappa shape index (κ3) is 4.34. The van der Waals surface area contributed by atoms with Gasteiger partial charge in [-0.15, -0.1) is 0 Å². The number of aromatic nitrogens is 1. The summed E-state index contributed by atoms with van der Waals surface area (Å²) < 4.78 is 30.2. The van der Waals surface area contributed by atoms with Crippen LogP contribution in [-0.2, 0) is 14.6 Å². The number of amides is 1. The van der Waals surface area contributed by atoms with Crippen molar-refractivity contribution < 1.29 is 17.9 Å². The molecule has 4 rings (SSSR count). The number of hydrogen-bond acceptors (Lipinski definition) is 6. The first-order valence-corrected chi connectivity index (χ1v) is 12.1. The number of fused-ring (bicyclic) bond motifs is 1. The van der Waals surface area contributed by atoms with Crippen LogP contribution < -0.4 is 4.90 Å². The highest BCUT2D eigenvalue weighted by atomic mass is 32.2. The summed E-state index contributed by atoms with van der Waals surface area (Å²) >= 11 is 1.48. The lowest BCUT2D eigenvalue weighted by Crippen LogP contribution is -2.37. The SMILES string of the molecule is Cc1ccc2nc(N(CC3CCCO3)C(=O)c3ccc(S(C)(=O)=O)cc3)sc2c1. The van der Waals surface area contributed by atoms with E-state index >= 15 is 0 Å². The number of carbonyl (C=O) groups is 1. The molecule has 0 bridgehead atoms. The Morgan fingerprint density at radius 1 is 1.24 bits per heavy atom. The van der Waals surface area contributed by atoms with Crippen LogP contribution in [0.15, 0.2) is 47.4 Å². The molecule has 1 aliphatic rings. The van der Waals surface area contributed by atoms with E-state index in [9.17, 15) is 13.2 Å². The molecule has 1 atom stereocenters. The topological polar surface area (TPSA) is 76.6 Å². The maximum absolute atomic E-state index is 13.3. The van der Waals surface area contributed by atoms with Crippen molar-refractivity contribution in [2.24, 2.45) is 0 Å². The van der Waals surface area contributed by atoms with Gasteiger partial charge < -0.3 is 4.74 Å². The molecule has 1 amide bonds. The minimum absolute atomic E-state index is 0.0250. The number of aryl methyl sites for hydroxylation is 1. The van der Waals surface area contributed by atoms with E-state index in [1.165, 1.54) is 23.5 Å². The highest BCUT2D eigenvalue weighted by molar-refractivity contribution is 7.90. The predicted molar refractivity (Wildman–Crippen MR) is 115 cm³/mol. The highest BCUT2D eigenvalue weighted by Gasteiger charge is 2.27. The smallest absolute Gasteiger partial charge is 0.260 e. The average molecular weight is 431 g/mol. The summed E-state index contributed by atoms with van der Waals surface area (Å²) in [5, 5.41) is 0.623. The number of benzene rings is 2. The van der Waals surface area contributed by atoms with Gasteiger partial charge in [0.25, 0.3) is 5.91 Å². The first-order valence-electron chi connectivity index (χ1n) is 9.42. The molecular weight excluding hydrogens is 408 g/mol. The van der Waals surface area contributed by atoms with Crippen LogP contribution in [0.25, 0.3) is 10.2 Å². The Labute approximate surface area is 174 Å². The van der Waals surface area contributed by atoms with E-state index in [0.29, 0.717) is 23.8 Å². The molecule has 8 heteroatoms. The summed E-state index contributed by atoms with van der Waals surface area (Å²) in [4.78, 5) is 19.8. The fourth-order valence-electron chi connectivity index (χ4n) is 3.38. The molecule has 0 aliphatic carbocycles. The molecular formula is C21H22N2O4S2. The first-order chi connectivity index (χ1) is 13.8. The fraction of sp³-hybridized carbons (Fsp3) is 0.333. The van der Waals surface area contributed by atoms with Gasteiger partial charge in [-0.05, 0) is 61.7 Å². The largest absolute Gasteiger partial charge is 0.376 e. The van der Waals surface area contributed by atoms with Crippen LogP contribution in [0.2, 0.25) is 0 Å². The van der Waals surface area contributed by atoms with Crippen LogP contribution in [0, 0.1) is 6.92 Å². The molecule has 1 unspecified atom stereocenters. The van der Waals surface area contributed by atoms with Crippen molar-refractivity contribution in [2.45, 2.75) is 30.8 Å². The maximum atomic E-state index is 13.3. The lowest BCUT2D eigenvalue weighted by molar-refractivity contribution is 0.0917. The average Bonchev–Trinajstić information content (AvgIpc) is 3.34. The van der Waals surface area contributed by atoms with Gasteiger partial charge in [0.05, 0.1) is 27.8 Å². The Bertz CT molecular complexity index is 1150. The maximum Gasteiger partial charge on any atom is 0.260 e. The van der Waals surface area contributed by atoms with Crippen LogP contribution in [0.5, 0.6) is 0 Å². The number of nitrogens with zero attached hydrogens (tertiary/aromatic N) is 2. The van der Waals surface area contributed by atoms with Crippen molar-refractivity contribution in [1.82, 2.24) is 4.98 Å². The Kier molecular flexibility index (Phi) is 5.42. The van der Waals surface area contributed by atoms with Crippen molar-refractivity contribution in [3.05, 3.63) is 53.6 Å². The molecule has 3 aromatic rings. The molecule has 1 aliphatic heterocycles. The summed E-state index contributed by atoms with van der Waals surface area (Å²) in [6.45, 7) is 3.15. The van der Waals surface area contributed by atoms with Crippen molar-refractivity contribution in [1.29, 1.82) is 0 Å². The molecule has 0 saturated carbocycles. The standard InChI is InChI=1S/C21H22N2O4S2/c1-14-5-10-18-19(12-14)28-21(22-18)23(13-16-4-3-11-27-16)20(24)15-6-8-17(9-7-15)29(2,25)26/h5-10,12,16H,3-4,11,13H2,1-2H3. The summed E-state index contributed by atoms with van der Waals surface area (Å²) in [6, 6.07) is 12.1. The van der Waals surface area contributed by atoms with Gasteiger partial charge >= 0.3 is 0 Å². The van der Waals surface area contributed by atoms with E-state index < -0.39 is 9.84 Å². The number of sulfone groups is 1. The second-order valence-corrected chi connectivity index (χ2v) is 10.3. The number of thiazole rings is 1. The Morgan fingerprint density at radius 2 is 2.00 bits per heavy atom. The third-order valence-corrected chi connectivity index (χ3v) is 7.12. The van der Waals surface area contributed by atoms with Crippen molar-refractivity contribution >= 4 is 42.4 Å². The van der Waals surface area contributed by atoms with Crippen molar-refractivity contribution in [3.8, 4) is 0 Å². The highest BCUT2D eigenvalue weighted by Crippen LogP contribution is 2.31. The summed E-state index contributed by atoms with van der Waals surface area (Å²) in [5.41, 5.74) is 2.42. The zero-order chi connectivity index (χ0) is 20.6. The molecule has 0 spiro atoms. The van der Waals surface area contributed by atoms with E-state index in [0.717, 1.165) is 34.9 Å². The van der Waals surface area contributed by atoms with Gasteiger partial charge in [0.2, 0.25) is 0 Å². The third-order valence-electron chi connectivity index (χ3n) is 4.95. The van der Waals surface area contributed by atoms with Gasteiger partial charge in [-0.1, -0.05) is 17.4 Å². The van der Waals surface area contributed by atoms with Crippen LogP contribution in [0.3, 0.4) is 0 Å².